The molecule has 27 heavy (non-hydrogen) atoms. The summed E-state index contributed by atoms with van der Waals surface area (Å²) in [5.41, 5.74) is 11.2. The van der Waals surface area contributed by atoms with Gasteiger partial charge in [-0.05, 0) is 25.7 Å². The van der Waals surface area contributed by atoms with E-state index in [0.717, 1.165) is 12.8 Å². The maximum absolute atomic E-state index is 12.6. The van der Waals surface area contributed by atoms with E-state index < -0.39 is 35.0 Å². The van der Waals surface area contributed by atoms with Crippen LogP contribution in [0.4, 0.5) is 0 Å². The van der Waals surface area contributed by atoms with Crippen molar-refractivity contribution in [1.82, 2.24) is 15.5 Å². The first-order chi connectivity index (χ1) is 12.6. The average Bonchev–Trinajstić information content (AvgIpc) is 3.00. The molecule has 2 aliphatic heterocycles. The van der Waals surface area contributed by atoms with Crippen molar-refractivity contribution in [2.75, 3.05) is 18.8 Å². The van der Waals surface area contributed by atoms with Gasteiger partial charge in [0.25, 0.3) is 0 Å². The lowest BCUT2D eigenvalue weighted by atomic mass is 9.99. The predicted octanol–water partition coefficient (Wildman–Crippen LogP) is -1.66. The van der Waals surface area contributed by atoms with Gasteiger partial charge >= 0.3 is 0 Å². The number of nitrogens with zero attached hydrogens (tertiary/aromatic N) is 1. The van der Waals surface area contributed by atoms with Crippen LogP contribution in [0.25, 0.3) is 0 Å². The maximum atomic E-state index is 12.6. The number of primary amides is 1. The maximum Gasteiger partial charge on any atom is 0.242 e. The van der Waals surface area contributed by atoms with Gasteiger partial charge in [0.15, 0.2) is 0 Å². The van der Waals surface area contributed by atoms with Crippen LogP contribution in [0, 0.1) is 5.92 Å². The van der Waals surface area contributed by atoms with Crippen LogP contribution in [0.1, 0.15) is 33.6 Å². The highest BCUT2D eigenvalue weighted by atomic mass is 32.2. The van der Waals surface area contributed by atoms with E-state index in [-0.39, 0.29) is 17.7 Å². The average molecular weight is 402 g/mol. The number of hydrogen-bond acceptors (Lipinski definition) is 7. The van der Waals surface area contributed by atoms with E-state index >= 15 is 0 Å². The molecule has 9 nitrogen and oxygen atoms in total. The highest BCUT2D eigenvalue weighted by molar-refractivity contribution is 8.01. The minimum atomic E-state index is -1.13. The number of carbonyl (C=O) groups is 3. The van der Waals surface area contributed by atoms with Crippen molar-refractivity contribution in [3.05, 3.63) is 0 Å². The van der Waals surface area contributed by atoms with Gasteiger partial charge in [-0.15, -0.1) is 11.8 Å². The molecule has 2 fully saturated rings. The Morgan fingerprint density at radius 1 is 1.33 bits per heavy atom. The van der Waals surface area contributed by atoms with E-state index in [4.69, 9.17) is 11.5 Å². The molecule has 154 valence electrons. The third-order valence-corrected chi connectivity index (χ3v) is 6.64. The first kappa shape index (κ1) is 21.9. The zero-order valence-electron chi connectivity index (χ0n) is 16.1. The number of aliphatic hydroxyl groups is 1. The van der Waals surface area contributed by atoms with E-state index in [9.17, 15) is 19.5 Å². The molecule has 7 N–H and O–H groups in total. The number of likely N-dealkylation sites (tertiary alicyclic amines) is 1. The Balaban J connectivity index is 2.00. The number of rotatable bonds is 6. The zero-order valence-corrected chi connectivity index (χ0v) is 16.9. The number of carbonyl (C=O) groups excluding carboxylic acids is 3. The Morgan fingerprint density at radius 3 is 2.56 bits per heavy atom. The van der Waals surface area contributed by atoms with Gasteiger partial charge in [-0.1, -0.05) is 13.8 Å². The molecule has 2 unspecified atom stereocenters. The standard InChI is InChI=1S/C17H31N5O4S/c1-9(2)12(18)16(26)22-6-4-5-17(8-22)21-11(7-27-17)15(25)20-13(10(3)23)14(19)24/h9-13,21,23H,4-8,18H2,1-3H3,(H2,19,24)(H,20,25)/t10-,11?,12+,13+,17?/m1/s1. The number of nitrogens with two attached hydrogens (primary N) is 2. The van der Waals surface area contributed by atoms with Crippen LogP contribution in [-0.2, 0) is 14.4 Å². The quantitative estimate of drug-likeness (QED) is 0.357. The normalized spacial score (nSPS) is 28.8. The fourth-order valence-electron chi connectivity index (χ4n) is 3.41. The molecule has 3 amide bonds. The second-order valence-electron chi connectivity index (χ2n) is 7.76. The zero-order chi connectivity index (χ0) is 20.4. The number of aliphatic hydroxyl groups excluding tert-OH is 1. The van der Waals surface area contributed by atoms with Crippen LogP contribution < -0.4 is 22.1 Å². The minimum Gasteiger partial charge on any atom is -0.391 e. The molecule has 2 aliphatic rings. The second-order valence-corrected chi connectivity index (χ2v) is 9.17. The van der Waals surface area contributed by atoms with Crippen LogP contribution in [0.3, 0.4) is 0 Å². The van der Waals surface area contributed by atoms with Gasteiger partial charge in [-0.25, -0.2) is 0 Å². The van der Waals surface area contributed by atoms with E-state index in [2.05, 4.69) is 10.6 Å². The first-order valence-corrected chi connectivity index (χ1v) is 10.3. The molecule has 0 aromatic carbocycles. The molecule has 2 heterocycles. The van der Waals surface area contributed by atoms with Gasteiger partial charge in [0.1, 0.15) is 6.04 Å². The summed E-state index contributed by atoms with van der Waals surface area (Å²) >= 11 is 1.60. The smallest absolute Gasteiger partial charge is 0.242 e. The first-order valence-electron chi connectivity index (χ1n) is 9.30. The van der Waals surface area contributed by atoms with Crippen molar-refractivity contribution in [2.24, 2.45) is 17.4 Å². The summed E-state index contributed by atoms with van der Waals surface area (Å²) in [6, 6.07) is -2.19. The molecule has 2 saturated heterocycles. The van der Waals surface area contributed by atoms with Gasteiger partial charge in [0.2, 0.25) is 17.7 Å². The van der Waals surface area contributed by atoms with Crippen molar-refractivity contribution < 1.29 is 19.5 Å². The number of hydrogen-bond donors (Lipinski definition) is 5. The fourth-order valence-corrected chi connectivity index (χ4v) is 4.89. The lowest BCUT2D eigenvalue weighted by Gasteiger charge is -2.41. The Bertz CT molecular complexity index is 588. The topological polar surface area (TPSA) is 151 Å². The summed E-state index contributed by atoms with van der Waals surface area (Å²) in [6.45, 7) is 6.38. The summed E-state index contributed by atoms with van der Waals surface area (Å²) in [6.07, 6.45) is 0.579. The van der Waals surface area contributed by atoms with E-state index in [0.29, 0.717) is 18.8 Å². The number of amides is 3. The Kier molecular flexibility index (Phi) is 7.12. The number of piperidine rings is 1. The van der Waals surface area contributed by atoms with Gasteiger partial charge in [0, 0.05) is 18.8 Å². The summed E-state index contributed by atoms with van der Waals surface area (Å²) in [5, 5.41) is 15.4. The molecule has 5 atom stereocenters. The molecule has 0 saturated carbocycles. The molecular weight excluding hydrogens is 370 g/mol. The van der Waals surface area contributed by atoms with Gasteiger partial charge in [-0.2, -0.15) is 0 Å². The summed E-state index contributed by atoms with van der Waals surface area (Å²) in [7, 11) is 0. The molecule has 0 aromatic heterocycles. The molecule has 2 rings (SSSR count). The summed E-state index contributed by atoms with van der Waals surface area (Å²) < 4.78 is 0. The predicted molar refractivity (Wildman–Crippen MR) is 104 cm³/mol. The Morgan fingerprint density at radius 2 is 2.00 bits per heavy atom. The third-order valence-electron chi connectivity index (χ3n) is 5.14. The van der Waals surface area contributed by atoms with Crippen molar-refractivity contribution >= 4 is 29.5 Å². The number of thioether (sulfide) groups is 1. The van der Waals surface area contributed by atoms with Crippen LogP contribution in [0.2, 0.25) is 0 Å². The second kappa shape index (κ2) is 8.76. The molecular formula is C17H31N5O4S. The minimum absolute atomic E-state index is 0.0595. The molecule has 10 heteroatoms. The third kappa shape index (κ3) is 5.13. The van der Waals surface area contributed by atoms with E-state index in [1.54, 1.807) is 16.7 Å². The SMILES string of the molecule is CC(C)[C@H](N)C(=O)N1CCCC2(C1)NC(C(=O)N[C@H](C(N)=O)[C@@H](C)O)CS2. The Hall–Kier alpha value is -1.36. The fraction of sp³-hybridized carbons (Fsp3) is 0.824. The molecule has 0 radical (unpaired) electrons. The van der Waals surface area contributed by atoms with Crippen LogP contribution in [0.5, 0.6) is 0 Å². The molecule has 0 bridgehead atoms. The van der Waals surface area contributed by atoms with Crippen LogP contribution in [0.15, 0.2) is 0 Å². The van der Waals surface area contributed by atoms with Gasteiger partial charge < -0.3 is 26.8 Å². The van der Waals surface area contributed by atoms with Crippen molar-refractivity contribution in [3.63, 3.8) is 0 Å². The number of nitrogens with one attached hydrogen (secondary N) is 2. The Labute approximate surface area is 164 Å². The largest absolute Gasteiger partial charge is 0.391 e. The van der Waals surface area contributed by atoms with Crippen molar-refractivity contribution in [2.45, 2.75) is 62.7 Å². The lowest BCUT2D eigenvalue weighted by molar-refractivity contribution is -0.135. The van der Waals surface area contributed by atoms with Crippen LogP contribution in [-0.4, -0.2) is 75.7 Å². The lowest BCUT2D eigenvalue weighted by Crippen LogP contribution is -2.61. The monoisotopic (exact) mass is 401 g/mol. The van der Waals surface area contributed by atoms with E-state index in [1.807, 2.05) is 13.8 Å². The highest BCUT2D eigenvalue weighted by Crippen LogP contribution is 2.38. The summed E-state index contributed by atoms with van der Waals surface area (Å²) in [4.78, 5) is 37.9. The molecule has 0 aromatic rings. The van der Waals surface area contributed by atoms with Gasteiger partial charge in [-0.3, -0.25) is 19.7 Å². The van der Waals surface area contributed by atoms with E-state index in [1.165, 1.54) is 6.92 Å². The highest BCUT2D eigenvalue weighted by Gasteiger charge is 2.46. The van der Waals surface area contributed by atoms with Crippen LogP contribution >= 0.6 is 11.8 Å². The summed E-state index contributed by atoms with van der Waals surface area (Å²) in [5.74, 6) is -0.663. The molecule has 1 spiro atoms. The van der Waals surface area contributed by atoms with Crippen molar-refractivity contribution in [1.29, 1.82) is 0 Å². The van der Waals surface area contributed by atoms with Gasteiger partial charge in [0.05, 0.1) is 23.1 Å². The van der Waals surface area contributed by atoms with Crippen molar-refractivity contribution in [3.8, 4) is 0 Å². The molecule has 0 aliphatic carbocycles.